The number of nitrogens with zero attached hydrogens (tertiary/aromatic N) is 2. The van der Waals surface area contributed by atoms with Crippen molar-refractivity contribution in [3.05, 3.63) is 95.6 Å². The molecule has 0 bridgehead atoms. The molecular weight excluding hydrogens is 352 g/mol. The van der Waals surface area contributed by atoms with Crippen LogP contribution < -0.4 is 9.47 Å². The monoisotopic (exact) mass is 371 g/mol. The lowest BCUT2D eigenvalue weighted by Gasteiger charge is -2.10. The highest BCUT2D eigenvalue weighted by Gasteiger charge is 2.07. The highest BCUT2D eigenvalue weighted by atomic mass is 16.6. The molecule has 0 N–H and O–H groups in total. The fourth-order valence-corrected chi connectivity index (χ4v) is 2.48. The molecule has 3 aromatic rings. The Bertz CT molecular complexity index is 944. The Morgan fingerprint density at radius 3 is 2.43 bits per heavy atom. The smallest absolute Gasteiger partial charge is 0.134 e. The van der Waals surface area contributed by atoms with Crippen molar-refractivity contribution in [2.45, 2.75) is 6.61 Å². The van der Waals surface area contributed by atoms with Crippen molar-refractivity contribution in [3.63, 3.8) is 0 Å². The molecule has 0 fully saturated rings. The van der Waals surface area contributed by atoms with Gasteiger partial charge in [-0.2, -0.15) is 5.26 Å². The molecule has 0 heterocycles. The highest BCUT2D eigenvalue weighted by Crippen LogP contribution is 2.16. The zero-order valence-corrected chi connectivity index (χ0v) is 15.5. The molecule has 5 heteroatoms. The predicted molar refractivity (Wildman–Crippen MR) is 106 cm³/mol. The third-order valence-corrected chi connectivity index (χ3v) is 3.93. The van der Waals surface area contributed by atoms with Gasteiger partial charge in [0.2, 0.25) is 0 Å². The van der Waals surface area contributed by atoms with E-state index in [4.69, 9.17) is 19.6 Å². The molecule has 0 saturated heterocycles. The molecule has 0 unspecified atom stereocenters. The van der Waals surface area contributed by atoms with Gasteiger partial charge in [0.1, 0.15) is 37.5 Å². The summed E-state index contributed by atoms with van der Waals surface area (Å²) in [6, 6.07) is 27.3. The summed E-state index contributed by atoms with van der Waals surface area (Å²) in [7, 11) is 1.49. The number of rotatable bonds is 8. The average molecular weight is 371 g/mol. The maximum absolute atomic E-state index is 8.91. The first-order chi connectivity index (χ1) is 13.8. The molecule has 139 valence electrons. The summed E-state index contributed by atoms with van der Waals surface area (Å²) in [6.07, 6.45) is 0. The van der Waals surface area contributed by atoms with E-state index < -0.39 is 0 Å². The van der Waals surface area contributed by atoms with E-state index in [0.717, 1.165) is 16.9 Å². The second kappa shape index (κ2) is 9.79. The van der Waals surface area contributed by atoms with Crippen LogP contribution in [0.3, 0.4) is 0 Å². The van der Waals surface area contributed by atoms with Crippen LogP contribution in [-0.2, 0) is 11.4 Å². The van der Waals surface area contributed by atoms with Gasteiger partial charge in [-0.25, -0.2) is 0 Å². The van der Waals surface area contributed by atoms with E-state index in [1.807, 2.05) is 54.6 Å². The first-order valence-electron chi connectivity index (χ1n) is 8.69. The van der Waals surface area contributed by atoms with Gasteiger partial charge in [0, 0.05) is 5.56 Å². The Labute approximate surface area is 164 Å². The zero-order valence-electron chi connectivity index (χ0n) is 15.5. The van der Waals surface area contributed by atoms with Crippen molar-refractivity contribution in [1.29, 1.82) is 5.26 Å². The Hall–Kier alpha value is -3.78. The summed E-state index contributed by atoms with van der Waals surface area (Å²) in [5.41, 5.74) is 3.10. The summed E-state index contributed by atoms with van der Waals surface area (Å²) in [6.45, 7) is 0.717. The van der Waals surface area contributed by atoms with Crippen LogP contribution in [0.15, 0.2) is 78.0 Å². The molecule has 1 radical (unpaired) electrons. The van der Waals surface area contributed by atoms with E-state index in [1.54, 1.807) is 18.2 Å². The largest absolute Gasteiger partial charge is 0.489 e. The molecule has 0 atom stereocenters. The SMILES string of the molecule is CO/N=C(\COc1ccc(COc2c[c]ccc2)cc1)c1ccc(C#N)cc1. The minimum atomic E-state index is 0.245. The summed E-state index contributed by atoms with van der Waals surface area (Å²) in [4.78, 5) is 4.92. The standard InChI is InChI=1S/C23H19N2O3/c1-26-25-23(20-11-7-18(15-24)8-12-20)17-28-22-13-9-19(10-14-22)16-27-21-5-3-2-4-6-21/h2-3,5-14H,16-17H2,1H3/b25-23+. The number of nitriles is 1. The third-order valence-electron chi connectivity index (χ3n) is 3.93. The lowest BCUT2D eigenvalue weighted by Crippen LogP contribution is -2.13. The summed E-state index contributed by atoms with van der Waals surface area (Å²) < 4.78 is 11.5. The molecule has 0 amide bonds. The fraction of sp³-hybridized carbons (Fsp3) is 0.130. The van der Waals surface area contributed by atoms with E-state index in [-0.39, 0.29) is 6.61 Å². The van der Waals surface area contributed by atoms with Gasteiger partial charge >= 0.3 is 0 Å². The van der Waals surface area contributed by atoms with Gasteiger partial charge in [0.15, 0.2) is 0 Å². The summed E-state index contributed by atoms with van der Waals surface area (Å²) in [5, 5.41) is 12.9. The number of oxime groups is 1. The van der Waals surface area contributed by atoms with Crippen LogP contribution in [-0.4, -0.2) is 19.4 Å². The number of ether oxygens (including phenoxy) is 2. The van der Waals surface area contributed by atoms with E-state index in [9.17, 15) is 0 Å². The maximum atomic E-state index is 8.91. The molecule has 3 aromatic carbocycles. The molecule has 28 heavy (non-hydrogen) atoms. The zero-order chi connectivity index (χ0) is 19.6. The molecule has 0 aromatic heterocycles. The predicted octanol–water partition coefficient (Wildman–Crippen LogP) is 4.37. The van der Waals surface area contributed by atoms with Crippen molar-refractivity contribution in [3.8, 4) is 17.6 Å². The first kappa shape index (κ1) is 19.0. The Balaban J connectivity index is 1.57. The lowest BCUT2D eigenvalue weighted by atomic mass is 10.1. The van der Waals surface area contributed by atoms with Crippen molar-refractivity contribution < 1.29 is 14.3 Å². The van der Waals surface area contributed by atoms with Crippen molar-refractivity contribution in [1.82, 2.24) is 0 Å². The number of hydrogen-bond donors (Lipinski definition) is 0. The fourth-order valence-electron chi connectivity index (χ4n) is 2.48. The van der Waals surface area contributed by atoms with Gasteiger partial charge in [-0.1, -0.05) is 41.6 Å². The molecule has 0 aliphatic heterocycles. The number of benzene rings is 3. The topological polar surface area (TPSA) is 63.8 Å². The van der Waals surface area contributed by atoms with Crippen molar-refractivity contribution in [2.75, 3.05) is 13.7 Å². The second-order valence-corrected chi connectivity index (χ2v) is 5.87. The molecular formula is C23H19N2O3. The normalized spacial score (nSPS) is 10.8. The molecule has 0 aliphatic rings. The van der Waals surface area contributed by atoms with Crippen LogP contribution in [0.5, 0.6) is 11.5 Å². The molecule has 0 spiro atoms. The summed E-state index contributed by atoms with van der Waals surface area (Å²) >= 11 is 0. The van der Waals surface area contributed by atoms with Gasteiger partial charge in [-0.15, -0.1) is 0 Å². The van der Waals surface area contributed by atoms with E-state index >= 15 is 0 Å². The van der Waals surface area contributed by atoms with Gasteiger partial charge < -0.3 is 14.3 Å². The van der Waals surface area contributed by atoms with Crippen LogP contribution in [0.2, 0.25) is 0 Å². The van der Waals surface area contributed by atoms with Crippen LogP contribution >= 0.6 is 0 Å². The van der Waals surface area contributed by atoms with Crippen molar-refractivity contribution >= 4 is 5.71 Å². The summed E-state index contributed by atoms with van der Waals surface area (Å²) in [5.74, 6) is 1.50. The van der Waals surface area contributed by atoms with Gasteiger partial charge in [0.05, 0.1) is 11.6 Å². The first-order valence-corrected chi connectivity index (χ1v) is 8.69. The highest BCUT2D eigenvalue weighted by molar-refractivity contribution is 6.01. The van der Waals surface area contributed by atoms with Crippen LogP contribution in [0.4, 0.5) is 0 Å². The maximum Gasteiger partial charge on any atom is 0.134 e. The van der Waals surface area contributed by atoms with Crippen LogP contribution in [0.1, 0.15) is 16.7 Å². The molecule has 5 nitrogen and oxygen atoms in total. The Morgan fingerprint density at radius 1 is 1.00 bits per heavy atom. The van der Waals surface area contributed by atoms with E-state index in [0.29, 0.717) is 23.6 Å². The minimum Gasteiger partial charge on any atom is -0.489 e. The van der Waals surface area contributed by atoms with E-state index in [2.05, 4.69) is 17.3 Å². The Morgan fingerprint density at radius 2 is 1.79 bits per heavy atom. The number of hydrogen-bond acceptors (Lipinski definition) is 5. The van der Waals surface area contributed by atoms with Gasteiger partial charge in [-0.05, 0) is 48.0 Å². The minimum absolute atomic E-state index is 0.245. The average Bonchev–Trinajstić information content (AvgIpc) is 2.77. The third kappa shape index (κ3) is 5.36. The Kier molecular flexibility index (Phi) is 6.64. The van der Waals surface area contributed by atoms with E-state index in [1.165, 1.54) is 7.11 Å². The molecule has 0 aliphatic carbocycles. The quantitative estimate of drug-likeness (QED) is 0.436. The van der Waals surface area contributed by atoms with Crippen molar-refractivity contribution in [2.24, 2.45) is 5.16 Å². The second-order valence-electron chi connectivity index (χ2n) is 5.87. The lowest BCUT2D eigenvalue weighted by molar-refractivity contribution is 0.210. The molecule has 0 saturated carbocycles. The molecule has 3 rings (SSSR count). The van der Waals surface area contributed by atoms with Crippen LogP contribution in [0.25, 0.3) is 0 Å². The van der Waals surface area contributed by atoms with Gasteiger partial charge in [0.25, 0.3) is 0 Å². The van der Waals surface area contributed by atoms with Crippen LogP contribution in [0, 0.1) is 17.4 Å². The van der Waals surface area contributed by atoms with Gasteiger partial charge in [-0.3, -0.25) is 0 Å².